The van der Waals surface area contributed by atoms with E-state index in [9.17, 15) is 4.79 Å². The highest BCUT2D eigenvalue weighted by molar-refractivity contribution is 5.97. The Balaban J connectivity index is 0.00000225. The van der Waals surface area contributed by atoms with Crippen molar-refractivity contribution in [1.29, 1.82) is 0 Å². The fourth-order valence-electron chi connectivity index (χ4n) is 3.02. The lowest BCUT2D eigenvalue weighted by Gasteiger charge is -2.32. The smallest absolute Gasteiger partial charge is 0.257 e. The average molecular weight is 361 g/mol. The lowest BCUT2D eigenvalue weighted by Crippen LogP contribution is -2.46. The van der Waals surface area contributed by atoms with E-state index in [2.05, 4.69) is 5.32 Å². The number of ether oxygens (including phenoxy) is 1. The number of amides is 1. The molecule has 0 bridgehead atoms. The van der Waals surface area contributed by atoms with Gasteiger partial charge in [-0.25, -0.2) is 0 Å². The number of halogens is 1. The van der Waals surface area contributed by atoms with E-state index >= 15 is 0 Å². The van der Waals surface area contributed by atoms with Gasteiger partial charge in [-0.05, 0) is 37.1 Å². The van der Waals surface area contributed by atoms with Crippen LogP contribution < -0.4 is 10.1 Å². The van der Waals surface area contributed by atoms with Gasteiger partial charge in [-0.2, -0.15) is 0 Å². The summed E-state index contributed by atoms with van der Waals surface area (Å²) in [6, 6.07) is 17.7. The van der Waals surface area contributed by atoms with Crippen molar-refractivity contribution in [3.8, 4) is 5.75 Å². The molecule has 5 heteroatoms. The molecule has 2 aromatic carbocycles. The van der Waals surface area contributed by atoms with Crippen LogP contribution in [0.25, 0.3) is 0 Å². The first-order chi connectivity index (χ1) is 11.8. The summed E-state index contributed by atoms with van der Waals surface area (Å²) >= 11 is 0. The molecule has 1 aliphatic heterocycles. The first-order valence-electron chi connectivity index (χ1n) is 8.49. The van der Waals surface area contributed by atoms with Gasteiger partial charge in [0, 0.05) is 19.6 Å². The predicted octanol–water partition coefficient (Wildman–Crippen LogP) is 3.51. The molecule has 4 nitrogen and oxygen atoms in total. The molecule has 0 aromatic heterocycles. The Bertz CT molecular complexity index is 672. The van der Waals surface area contributed by atoms with Gasteiger partial charge in [0.2, 0.25) is 0 Å². The van der Waals surface area contributed by atoms with Crippen LogP contribution >= 0.6 is 12.4 Å². The van der Waals surface area contributed by atoms with Gasteiger partial charge in [0.15, 0.2) is 0 Å². The van der Waals surface area contributed by atoms with Gasteiger partial charge in [-0.1, -0.05) is 42.5 Å². The molecule has 2 aromatic rings. The third-order valence-corrected chi connectivity index (χ3v) is 4.49. The van der Waals surface area contributed by atoms with Crippen molar-refractivity contribution in [3.05, 3.63) is 65.7 Å². The molecule has 1 fully saturated rings. The Labute approximate surface area is 155 Å². The van der Waals surface area contributed by atoms with Crippen molar-refractivity contribution < 1.29 is 9.53 Å². The normalized spacial score (nSPS) is 16.6. The van der Waals surface area contributed by atoms with E-state index in [-0.39, 0.29) is 24.4 Å². The molecular formula is C20H25ClN2O2. The van der Waals surface area contributed by atoms with Crippen LogP contribution in [0, 0.1) is 0 Å². The largest absolute Gasteiger partial charge is 0.488 e. The highest BCUT2D eigenvalue weighted by Crippen LogP contribution is 2.22. The number of hydrogen-bond donors (Lipinski definition) is 1. The number of nitrogens with one attached hydrogen (secondary N) is 1. The second-order valence-electron chi connectivity index (χ2n) is 6.19. The summed E-state index contributed by atoms with van der Waals surface area (Å²) < 4.78 is 5.92. The summed E-state index contributed by atoms with van der Waals surface area (Å²) in [5.74, 6) is 0.661. The van der Waals surface area contributed by atoms with E-state index in [0.717, 1.165) is 31.5 Å². The molecular weight excluding hydrogens is 336 g/mol. The molecule has 1 atom stereocenters. The molecule has 3 rings (SSSR count). The molecule has 0 unspecified atom stereocenters. The topological polar surface area (TPSA) is 41.6 Å². The van der Waals surface area contributed by atoms with Gasteiger partial charge in [0.25, 0.3) is 5.91 Å². The maximum atomic E-state index is 12.9. The van der Waals surface area contributed by atoms with Gasteiger partial charge in [-0.15, -0.1) is 12.4 Å². The van der Waals surface area contributed by atoms with Crippen LogP contribution in [0.1, 0.15) is 28.8 Å². The summed E-state index contributed by atoms with van der Waals surface area (Å²) in [5.41, 5.74) is 1.71. The predicted molar refractivity (Wildman–Crippen MR) is 102 cm³/mol. The monoisotopic (exact) mass is 360 g/mol. The lowest BCUT2D eigenvalue weighted by molar-refractivity contribution is 0.0703. The molecule has 0 spiro atoms. The van der Waals surface area contributed by atoms with Gasteiger partial charge in [-0.3, -0.25) is 4.79 Å². The molecule has 0 aliphatic carbocycles. The van der Waals surface area contributed by atoms with Crippen LogP contribution in [0.3, 0.4) is 0 Å². The van der Waals surface area contributed by atoms with Crippen LogP contribution in [0.15, 0.2) is 54.6 Å². The van der Waals surface area contributed by atoms with Gasteiger partial charge in [0.1, 0.15) is 12.4 Å². The Morgan fingerprint density at radius 3 is 2.60 bits per heavy atom. The van der Waals surface area contributed by atoms with Crippen molar-refractivity contribution in [2.75, 3.05) is 20.1 Å². The molecule has 134 valence electrons. The molecule has 1 saturated heterocycles. The van der Waals surface area contributed by atoms with E-state index in [0.29, 0.717) is 17.9 Å². The summed E-state index contributed by atoms with van der Waals surface area (Å²) in [5, 5.41) is 3.36. The van der Waals surface area contributed by atoms with Crippen LogP contribution in [-0.4, -0.2) is 37.0 Å². The highest BCUT2D eigenvalue weighted by atomic mass is 35.5. The van der Waals surface area contributed by atoms with Crippen molar-refractivity contribution >= 4 is 18.3 Å². The van der Waals surface area contributed by atoms with Crippen molar-refractivity contribution in [1.82, 2.24) is 10.2 Å². The Hall–Kier alpha value is -2.04. The molecule has 25 heavy (non-hydrogen) atoms. The Morgan fingerprint density at radius 1 is 1.16 bits per heavy atom. The molecule has 1 aliphatic rings. The number of piperidine rings is 1. The zero-order chi connectivity index (χ0) is 16.8. The second kappa shape index (κ2) is 9.44. The summed E-state index contributed by atoms with van der Waals surface area (Å²) in [4.78, 5) is 14.7. The molecule has 1 N–H and O–H groups in total. The second-order valence-corrected chi connectivity index (χ2v) is 6.19. The summed E-state index contributed by atoms with van der Waals surface area (Å²) in [7, 11) is 1.88. The molecule has 1 amide bonds. The van der Waals surface area contributed by atoms with Crippen LogP contribution in [-0.2, 0) is 6.61 Å². The minimum absolute atomic E-state index is 0. The van der Waals surface area contributed by atoms with Crippen LogP contribution in [0.2, 0.25) is 0 Å². The van der Waals surface area contributed by atoms with Gasteiger partial charge < -0.3 is 15.0 Å². The molecule has 0 radical (unpaired) electrons. The van der Waals surface area contributed by atoms with E-state index in [1.807, 2.05) is 66.5 Å². The average Bonchev–Trinajstić information content (AvgIpc) is 2.67. The fourth-order valence-corrected chi connectivity index (χ4v) is 3.02. The van der Waals surface area contributed by atoms with Crippen molar-refractivity contribution in [2.24, 2.45) is 0 Å². The first kappa shape index (κ1) is 19.3. The SMILES string of the molecule is CN(C(=O)c1ccccc1OCc1ccccc1)[C@H]1CCCNC1.Cl. The number of likely N-dealkylation sites (N-methyl/N-ethyl adjacent to an activating group) is 1. The number of nitrogens with zero attached hydrogens (tertiary/aromatic N) is 1. The van der Waals surface area contributed by atoms with E-state index in [1.54, 1.807) is 0 Å². The fraction of sp³-hybridized carbons (Fsp3) is 0.350. The number of carbonyl (C=O) groups is 1. The maximum Gasteiger partial charge on any atom is 0.257 e. The van der Waals surface area contributed by atoms with E-state index < -0.39 is 0 Å². The number of carbonyl (C=O) groups excluding carboxylic acids is 1. The first-order valence-corrected chi connectivity index (χ1v) is 8.49. The lowest BCUT2D eigenvalue weighted by atomic mass is 10.0. The van der Waals surface area contributed by atoms with Crippen LogP contribution in [0.4, 0.5) is 0 Å². The minimum atomic E-state index is 0. The minimum Gasteiger partial charge on any atom is -0.488 e. The molecule has 1 heterocycles. The van der Waals surface area contributed by atoms with Crippen molar-refractivity contribution in [2.45, 2.75) is 25.5 Å². The Kier molecular flexibility index (Phi) is 7.29. The quantitative estimate of drug-likeness (QED) is 0.887. The number of para-hydroxylation sites is 1. The van der Waals surface area contributed by atoms with Crippen LogP contribution in [0.5, 0.6) is 5.75 Å². The third-order valence-electron chi connectivity index (χ3n) is 4.49. The van der Waals surface area contributed by atoms with E-state index in [4.69, 9.17) is 4.74 Å². The van der Waals surface area contributed by atoms with Gasteiger partial charge in [0.05, 0.1) is 5.56 Å². The standard InChI is InChI=1S/C20H24N2O2.ClH/c1-22(17-10-7-13-21-14-17)20(23)18-11-5-6-12-19(18)24-15-16-8-3-2-4-9-16;/h2-6,8-9,11-12,17,21H,7,10,13-15H2,1H3;1H/t17-;/m0./s1. The van der Waals surface area contributed by atoms with Gasteiger partial charge >= 0.3 is 0 Å². The number of hydrogen-bond acceptors (Lipinski definition) is 3. The molecule has 0 saturated carbocycles. The number of rotatable bonds is 5. The Morgan fingerprint density at radius 2 is 1.88 bits per heavy atom. The summed E-state index contributed by atoms with van der Waals surface area (Å²) in [6.07, 6.45) is 2.15. The maximum absolute atomic E-state index is 12.9. The van der Waals surface area contributed by atoms with Crippen molar-refractivity contribution in [3.63, 3.8) is 0 Å². The zero-order valence-electron chi connectivity index (χ0n) is 14.5. The highest BCUT2D eigenvalue weighted by Gasteiger charge is 2.24. The zero-order valence-corrected chi connectivity index (χ0v) is 15.3. The summed E-state index contributed by atoms with van der Waals surface area (Å²) in [6.45, 7) is 2.35. The number of benzene rings is 2. The van der Waals surface area contributed by atoms with E-state index in [1.165, 1.54) is 0 Å². The third kappa shape index (κ3) is 4.97.